The van der Waals surface area contributed by atoms with Crippen LogP contribution in [0.4, 0.5) is 0 Å². The Bertz CT molecular complexity index is 766. The molecular weight excluding hydrogens is 296 g/mol. The van der Waals surface area contributed by atoms with Crippen LogP contribution < -0.4 is 9.47 Å². The molecule has 1 aliphatic rings. The summed E-state index contributed by atoms with van der Waals surface area (Å²) < 4.78 is 15.7. The molecule has 2 aromatic rings. The van der Waals surface area contributed by atoms with Gasteiger partial charge in [0.2, 0.25) is 5.78 Å². The molecule has 0 aliphatic heterocycles. The molecule has 0 heterocycles. The van der Waals surface area contributed by atoms with Crippen LogP contribution in [0.1, 0.15) is 26.3 Å². The first-order valence-corrected chi connectivity index (χ1v) is 7.19. The Morgan fingerprint density at radius 2 is 1.87 bits per heavy atom. The molecule has 1 unspecified atom stereocenters. The summed E-state index contributed by atoms with van der Waals surface area (Å²) in [6.45, 7) is 0. The zero-order valence-electron chi connectivity index (χ0n) is 12.9. The van der Waals surface area contributed by atoms with E-state index in [2.05, 4.69) is 0 Å². The van der Waals surface area contributed by atoms with Crippen LogP contribution in [-0.4, -0.2) is 32.1 Å². The normalized spacial score (nSPS) is 15.9. The number of esters is 1. The molecule has 2 aromatic carbocycles. The Morgan fingerprint density at radius 3 is 2.57 bits per heavy atom. The van der Waals surface area contributed by atoms with E-state index in [4.69, 9.17) is 14.2 Å². The van der Waals surface area contributed by atoms with E-state index < -0.39 is 12.1 Å². The summed E-state index contributed by atoms with van der Waals surface area (Å²) in [6.07, 6.45) is -0.400. The van der Waals surface area contributed by atoms with Crippen molar-refractivity contribution in [2.75, 3.05) is 14.2 Å². The average Bonchev–Trinajstić information content (AvgIpc) is 2.90. The lowest BCUT2D eigenvalue weighted by Crippen LogP contribution is -2.24. The average molecular weight is 312 g/mol. The maximum atomic E-state index is 12.4. The van der Waals surface area contributed by atoms with Gasteiger partial charge >= 0.3 is 5.97 Å². The molecule has 1 aliphatic carbocycles. The molecule has 118 valence electrons. The van der Waals surface area contributed by atoms with Gasteiger partial charge < -0.3 is 14.2 Å². The molecule has 0 N–H and O–H groups in total. The van der Waals surface area contributed by atoms with Crippen molar-refractivity contribution in [3.8, 4) is 11.5 Å². The van der Waals surface area contributed by atoms with E-state index in [9.17, 15) is 9.59 Å². The molecule has 0 spiro atoms. The zero-order valence-corrected chi connectivity index (χ0v) is 12.9. The van der Waals surface area contributed by atoms with Gasteiger partial charge in [-0.1, -0.05) is 24.3 Å². The highest BCUT2D eigenvalue weighted by atomic mass is 16.5. The SMILES string of the molecule is COc1ccc(OC)c(C(=O)OC2Cc3ccccc3C2=O)c1. The van der Waals surface area contributed by atoms with Crippen molar-refractivity contribution in [2.45, 2.75) is 12.5 Å². The highest BCUT2D eigenvalue weighted by Gasteiger charge is 2.33. The fourth-order valence-corrected chi connectivity index (χ4v) is 2.67. The van der Waals surface area contributed by atoms with Gasteiger partial charge in [0, 0.05) is 12.0 Å². The van der Waals surface area contributed by atoms with Gasteiger partial charge in [0.25, 0.3) is 0 Å². The molecule has 5 heteroatoms. The number of ketones is 1. The minimum atomic E-state index is -0.796. The fraction of sp³-hybridized carbons (Fsp3) is 0.222. The maximum Gasteiger partial charge on any atom is 0.342 e. The maximum absolute atomic E-state index is 12.4. The topological polar surface area (TPSA) is 61.8 Å². The minimum absolute atomic E-state index is 0.171. The largest absolute Gasteiger partial charge is 0.497 e. The van der Waals surface area contributed by atoms with E-state index >= 15 is 0 Å². The van der Waals surface area contributed by atoms with Crippen LogP contribution >= 0.6 is 0 Å². The third-order valence-electron chi connectivity index (χ3n) is 3.86. The quantitative estimate of drug-likeness (QED) is 0.812. The van der Waals surface area contributed by atoms with E-state index in [1.165, 1.54) is 20.3 Å². The number of hydrogen-bond acceptors (Lipinski definition) is 5. The van der Waals surface area contributed by atoms with Crippen molar-refractivity contribution in [3.63, 3.8) is 0 Å². The van der Waals surface area contributed by atoms with Crippen molar-refractivity contribution >= 4 is 11.8 Å². The van der Waals surface area contributed by atoms with Gasteiger partial charge in [-0.15, -0.1) is 0 Å². The summed E-state index contributed by atoms with van der Waals surface area (Å²) in [5, 5.41) is 0. The lowest BCUT2D eigenvalue weighted by molar-refractivity contribution is 0.0301. The molecular formula is C18H16O5. The third-order valence-corrected chi connectivity index (χ3v) is 3.86. The second-order valence-electron chi connectivity index (χ2n) is 5.19. The first-order chi connectivity index (χ1) is 11.1. The van der Waals surface area contributed by atoms with Crippen LogP contribution in [0.3, 0.4) is 0 Å². The van der Waals surface area contributed by atoms with Gasteiger partial charge in [-0.3, -0.25) is 4.79 Å². The van der Waals surface area contributed by atoms with Crippen molar-refractivity contribution in [2.24, 2.45) is 0 Å². The van der Waals surface area contributed by atoms with Crippen LogP contribution in [0.25, 0.3) is 0 Å². The number of fused-ring (bicyclic) bond motifs is 1. The second-order valence-corrected chi connectivity index (χ2v) is 5.19. The molecule has 0 saturated carbocycles. The van der Waals surface area contributed by atoms with E-state index in [-0.39, 0.29) is 11.3 Å². The highest BCUT2D eigenvalue weighted by molar-refractivity contribution is 6.05. The molecule has 0 saturated heterocycles. The van der Waals surface area contributed by atoms with E-state index in [0.29, 0.717) is 23.5 Å². The van der Waals surface area contributed by atoms with E-state index in [1.807, 2.05) is 12.1 Å². The molecule has 23 heavy (non-hydrogen) atoms. The van der Waals surface area contributed by atoms with Crippen LogP contribution in [0, 0.1) is 0 Å². The molecule has 3 rings (SSSR count). The first-order valence-electron chi connectivity index (χ1n) is 7.19. The summed E-state index contributed by atoms with van der Waals surface area (Å²) >= 11 is 0. The molecule has 5 nitrogen and oxygen atoms in total. The van der Waals surface area contributed by atoms with E-state index in [0.717, 1.165) is 5.56 Å². The Kier molecular flexibility index (Phi) is 4.02. The lowest BCUT2D eigenvalue weighted by Gasteiger charge is -2.13. The monoisotopic (exact) mass is 312 g/mol. The predicted octanol–water partition coefficient (Wildman–Crippen LogP) is 2.67. The number of hydrogen-bond donors (Lipinski definition) is 0. The number of carbonyl (C=O) groups is 2. The van der Waals surface area contributed by atoms with Crippen molar-refractivity contribution in [1.82, 2.24) is 0 Å². The number of methoxy groups -OCH3 is 2. The number of carbonyl (C=O) groups excluding carboxylic acids is 2. The molecule has 1 atom stereocenters. The van der Waals surface area contributed by atoms with Crippen molar-refractivity contribution in [3.05, 3.63) is 59.2 Å². The predicted molar refractivity (Wildman–Crippen MR) is 83.2 cm³/mol. The number of ether oxygens (including phenoxy) is 3. The van der Waals surface area contributed by atoms with Crippen LogP contribution in [0.2, 0.25) is 0 Å². The third kappa shape index (κ3) is 2.77. The molecule has 0 fully saturated rings. The number of Topliss-reactive ketones (excluding diaryl/α,β-unsaturated/α-hetero) is 1. The van der Waals surface area contributed by atoms with Gasteiger partial charge in [0.1, 0.15) is 17.1 Å². The summed E-state index contributed by atoms with van der Waals surface area (Å²) in [5.74, 6) is 0.111. The smallest absolute Gasteiger partial charge is 0.342 e. The summed E-state index contributed by atoms with van der Waals surface area (Å²) in [5.41, 5.74) is 1.74. The Labute approximate surface area is 133 Å². The Morgan fingerprint density at radius 1 is 1.09 bits per heavy atom. The molecule has 0 radical (unpaired) electrons. The van der Waals surface area contributed by atoms with Gasteiger partial charge in [-0.2, -0.15) is 0 Å². The first kappa shape index (κ1) is 15.1. The number of rotatable bonds is 4. The van der Waals surface area contributed by atoms with Crippen molar-refractivity contribution in [1.29, 1.82) is 0 Å². The summed E-state index contributed by atoms with van der Waals surface area (Å²) in [7, 11) is 2.98. The fourth-order valence-electron chi connectivity index (χ4n) is 2.67. The van der Waals surface area contributed by atoms with Gasteiger partial charge in [-0.05, 0) is 23.8 Å². The van der Waals surface area contributed by atoms with Crippen LogP contribution in [0.15, 0.2) is 42.5 Å². The van der Waals surface area contributed by atoms with Gasteiger partial charge in [0.05, 0.1) is 14.2 Å². The lowest BCUT2D eigenvalue weighted by atomic mass is 10.1. The second kappa shape index (κ2) is 6.12. The Hall–Kier alpha value is -2.82. The highest BCUT2D eigenvalue weighted by Crippen LogP contribution is 2.28. The van der Waals surface area contributed by atoms with Gasteiger partial charge in [-0.25, -0.2) is 4.79 Å². The molecule has 0 aromatic heterocycles. The zero-order chi connectivity index (χ0) is 16.4. The summed E-state index contributed by atoms with van der Waals surface area (Å²) in [4.78, 5) is 24.7. The number of benzene rings is 2. The van der Waals surface area contributed by atoms with Crippen molar-refractivity contribution < 1.29 is 23.8 Å². The van der Waals surface area contributed by atoms with E-state index in [1.54, 1.807) is 24.3 Å². The Balaban J connectivity index is 1.82. The van der Waals surface area contributed by atoms with Gasteiger partial charge in [0.15, 0.2) is 6.10 Å². The molecule has 0 bridgehead atoms. The minimum Gasteiger partial charge on any atom is -0.497 e. The van der Waals surface area contributed by atoms with Crippen LogP contribution in [-0.2, 0) is 11.2 Å². The van der Waals surface area contributed by atoms with Crippen LogP contribution in [0.5, 0.6) is 11.5 Å². The summed E-state index contributed by atoms with van der Waals surface area (Å²) in [6, 6.07) is 12.1. The standard InChI is InChI=1S/C18H16O5/c1-21-12-7-8-15(22-2)14(10-12)18(20)23-16-9-11-5-3-4-6-13(11)17(16)19/h3-8,10,16H,9H2,1-2H3. The molecule has 0 amide bonds.